The average molecular weight is 805 g/mol. The topological polar surface area (TPSA) is 169 Å². The zero-order chi connectivity index (χ0) is 39.7. The van der Waals surface area contributed by atoms with E-state index in [1.807, 2.05) is 49.4 Å². The fourth-order valence-corrected chi connectivity index (χ4v) is 11.3. The lowest BCUT2D eigenvalue weighted by Crippen LogP contribution is -2.57. The molecule has 2 saturated carbocycles. The molecule has 4 aliphatic rings. The van der Waals surface area contributed by atoms with Crippen LogP contribution < -0.4 is 14.8 Å². The van der Waals surface area contributed by atoms with Crippen LogP contribution in [-0.4, -0.2) is 85.4 Å². The highest BCUT2D eigenvalue weighted by Gasteiger charge is 2.62. The summed E-state index contributed by atoms with van der Waals surface area (Å²) in [4.78, 5) is 49.0. The molecule has 3 amide bonds. The van der Waals surface area contributed by atoms with E-state index < -0.39 is 72.4 Å². The number of hydrogen-bond donors (Lipinski definition) is 2. The second kappa shape index (κ2) is 16.3. The summed E-state index contributed by atoms with van der Waals surface area (Å²) >= 11 is 0. The maximum atomic E-state index is 14.6. The minimum Gasteiger partial charge on any atom is -0.488 e. The van der Waals surface area contributed by atoms with Gasteiger partial charge in [0, 0.05) is 29.4 Å². The molecule has 3 fully saturated rings. The summed E-state index contributed by atoms with van der Waals surface area (Å²) < 4.78 is 61.5. The summed E-state index contributed by atoms with van der Waals surface area (Å²) in [5, 5.41) is 3.00. The van der Waals surface area contributed by atoms with E-state index in [0.717, 1.165) is 54.1 Å². The molecule has 2 aromatic carbocycles. The maximum Gasteiger partial charge on any atom is 0.259 e. The Hall–Kier alpha value is -4.30. The number of aryl methyl sites for hydroxylation is 1. The first-order valence-electron chi connectivity index (χ1n) is 20.0. The molecule has 3 heterocycles. The van der Waals surface area contributed by atoms with E-state index in [-0.39, 0.29) is 30.9 Å². The molecule has 7 rings (SSSR count). The molecule has 0 unspecified atom stereocenters. The fourth-order valence-electron chi connectivity index (χ4n) is 8.18. The highest BCUT2D eigenvalue weighted by molar-refractivity contribution is 7.91. The van der Waals surface area contributed by atoms with Crippen molar-refractivity contribution >= 4 is 48.5 Å². The van der Waals surface area contributed by atoms with E-state index in [9.17, 15) is 31.2 Å². The largest absolute Gasteiger partial charge is 0.488 e. The third-order valence-corrected chi connectivity index (χ3v) is 15.3. The molecule has 14 heteroatoms. The molecule has 2 aliphatic heterocycles. The monoisotopic (exact) mass is 804 g/mol. The number of rotatable bonds is 10. The summed E-state index contributed by atoms with van der Waals surface area (Å²) in [5.41, 5.74) is 1.88. The SMILES string of the molecule is C=C[C@@H]1C[C@]1(NC(=O)[C@@H]1C[C@@H]2CN1C(=O)[C@H](CCCC)CS(=O)(=O)CCCCCCc1ccc3nc(-c4ccccc4)cc(c3c1)O2)C(=O)NS(=O)(=O)C1CC1. The molecule has 4 bridgehead atoms. The molecule has 300 valence electrons. The quantitative estimate of drug-likeness (QED) is 0.260. The van der Waals surface area contributed by atoms with E-state index in [1.54, 1.807) is 0 Å². The van der Waals surface area contributed by atoms with Gasteiger partial charge in [-0.05, 0) is 62.6 Å². The number of sulfonamides is 1. The average Bonchev–Trinajstić information content (AvgIpc) is 4.11. The molecular weight excluding hydrogens is 753 g/mol. The summed E-state index contributed by atoms with van der Waals surface area (Å²) in [6, 6.07) is 16.6. The minimum absolute atomic E-state index is 0.00388. The Bertz CT molecular complexity index is 2210. The number of nitrogens with zero attached hydrogens (tertiary/aromatic N) is 2. The fraction of sp³-hybridized carbons (Fsp3) is 0.524. The van der Waals surface area contributed by atoms with E-state index in [2.05, 4.69) is 28.8 Å². The number of benzene rings is 2. The second-order valence-electron chi connectivity index (χ2n) is 16.0. The van der Waals surface area contributed by atoms with Crippen molar-refractivity contribution in [2.75, 3.05) is 18.1 Å². The first-order valence-corrected chi connectivity index (χ1v) is 23.4. The van der Waals surface area contributed by atoms with Crippen LogP contribution >= 0.6 is 0 Å². The number of pyridine rings is 1. The normalized spacial score (nSPS) is 26.8. The highest BCUT2D eigenvalue weighted by Crippen LogP contribution is 2.46. The standard InChI is InChI=1S/C42H52N4O8S2/c1-3-5-14-30-27-55(50,51)21-12-7-6-9-13-28-17-20-35-34(22-28)38(24-36(43-35)29-15-10-8-11-16-29)54-32-23-37(46(26-32)40(30)48)39(47)44-42(25-31(42)4-2)41(49)45-56(52,53)33-18-19-33/h4,8,10-11,15-17,20,22,24,30-33,37H,2-3,5-7,9,12-14,18-19,21,23,25-27H2,1H3,(H,44,47)(H,45,49)/t30-,31-,32-,37+,42-/m1/s1. The lowest BCUT2D eigenvalue weighted by Gasteiger charge is -2.29. The number of unbranched alkanes of at least 4 members (excludes halogenated alkanes) is 1. The number of fused-ring (bicyclic) bond motifs is 3. The molecule has 1 aromatic heterocycles. The molecule has 0 spiro atoms. The van der Waals surface area contributed by atoms with Gasteiger partial charge in [-0.25, -0.2) is 21.8 Å². The van der Waals surface area contributed by atoms with Crippen LogP contribution in [0.2, 0.25) is 0 Å². The molecule has 12 nitrogen and oxygen atoms in total. The van der Waals surface area contributed by atoms with Crippen molar-refractivity contribution in [3.63, 3.8) is 0 Å². The van der Waals surface area contributed by atoms with Gasteiger partial charge in [-0.2, -0.15) is 0 Å². The third-order valence-electron chi connectivity index (χ3n) is 11.7. The van der Waals surface area contributed by atoms with Crippen LogP contribution in [0.5, 0.6) is 5.75 Å². The Labute approximate surface area is 329 Å². The van der Waals surface area contributed by atoms with Crippen LogP contribution in [0.25, 0.3) is 22.2 Å². The number of carbonyl (C=O) groups excluding carboxylic acids is 3. The van der Waals surface area contributed by atoms with E-state index in [4.69, 9.17) is 9.72 Å². The van der Waals surface area contributed by atoms with Gasteiger partial charge in [-0.3, -0.25) is 19.1 Å². The van der Waals surface area contributed by atoms with E-state index in [0.29, 0.717) is 43.5 Å². The van der Waals surface area contributed by atoms with Crippen molar-refractivity contribution in [3.8, 4) is 17.0 Å². The highest BCUT2D eigenvalue weighted by atomic mass is 32.2. The smallest absolute Gasteiger partial charge is 0.259 e. The number of aromatic nitrogens is 1. The van der Waals surface area contributed by atoms with Crippen LogP contribution in [0.1, 0.15) is 83.1 Å². The molecular formula is C42H52N4O8S2. The first-order chi connectivity index (χ1) is 26.8. The minimum atomic E-state index is -3.90. The Morgan fingerprint density at radius 3 is 2.55 bits per heavy atom. The zero-order valence-corrected chi connectivity index (χ0v) is 33.6. The molecule has 3 aromatic rings. The summed E-state index contributed by atoms with van der Waals surface area (Å²) in [7, 11) is -7.50. The van der Waals surface area contributed by atoms with Crippen LogP contribution in [0.4, 0.5) is 0 Å². The van der Waals surface area contributed by atoms with Gasteiger partial charge >= 0.3 is 0 Å². The van der Waals surface area contributed by atoms with E-state index >= 15 is 0 Å². The van der Waals surface area contributed by atoms with E-state index in [1.165, 1.54) is 11.0 Å². The first kappa shape index (κ1) is 39.9. The van der Waals surface area contributed by atoms with Crippen LogP contribution in [0.3, 0.4) is 0 Å². The van der Waals surface area contributed by atoms with Gasteiger partial charge < -0.3 is 15.0 Å². The van der Waals surface area contributed by atoms with Gasteiger partial charge in [0.2, 0.25) is 21.8 Å². The molecule has 5 atom stereocenters. The third kappa shape index (κ3) is 8.81. The summed E-state index contributed by atoms with van der Waals surface area (Å²) in [5.74, 6) is -3.09. The molecule has 0 radical (unpaired) electrons. The zero-order valence-electron chi connectivity index (χ0n) is 32.0. The Morgan fingerprint density at radius 2 is 1.84 bits per heavy atom. The van der Waals surface area contributed by atoms with Crippen molar-refractivity contribution in [2.24, 2.45) is 11.8 Å². The number of ether oxygens (including phenoxy) is 1. The Balaban J connectivity index is 1.25. The van der Waals surface area contributed by atoms with Gasteiger partial charge in [-0.1, -0.05) is 75.1 Å². The number of nitrogens with one attached hydrogen (secondary N) is 2. The number of carbonyl (C=O) groups is 3. The summed E-state index contributed by atoms with van der Waals surface area (Å²) in [6.45, 7) is 5.78. The van der Waals surface area contributed by atoms with Gasteiger partial charge in [-0.15, -0.1) is 6.58 Å². The second-order valence-corrected chi connectivity index (χ2v) is 20.2. The predicted octanol–water partition coefficient (Wildman–Crippen LogP) is 5.26. The molecule has 1 saturated heterocycles. The van der Waals surface area contributed by atoms with Crippen molar-refractivity contribution in [3.05, 3.63) is 72.8 Å². The maximum absolute atomic E-state index is 14.6. The van der Waals surface area contributed by atoms with Crippen molar-refractivity contribution in [2.45, 2.75) is 107 Å². The van der Waals surface area contributed by atoms with Gasteiger partial charge in [0.15, 0.2) is 9.84 Å². The molecule has 2 aliphatic carbocycles. The Kier molecular flexibility index (Phi) is 11.6. The van der Waals surface area contributed by atoms with Crippen LogP contribution in [-0.2, 0) is 40.7 Å². The molecule has 56 heavy (non-hydrogen) atoms. The van der Waals surface area contributed by atoms with Gasteiger partial charge in [0.1, 0.15) is 23.4 Å². The van der Waals surface area contributed by atoms with Crippen LogP contribution in [0, 0.1) is 11.8 Å². The predicted molar refractivity (Wildman–Crippen MR) is 215 cm³/mol. The number of hydrogen-bond acceptors (Lipinski definition) is 9. The number of amides is 3. The van der Waals surface area contributed by atoms with Gasteiger partial charge in [0.05, 0.1) is 40.4 Å². The van der Waals surface area contributed by atoms with Gasteiger partial charge in [0.25, 0.3) is 5.91 Å². The van der Waals surface area contributed by atoms with Crippen molar-refractivity contribution in [1.29, 1.82) is 0 Å². The lowest BCUT2D eigenvalue weighted by molar-refractivity contribution is -0.142. The Morgan fingerprint density at radius 1 is 1.07 bits per heavy atom. The molecule has 2 N–H and O–H groups in total. The van der Waals surface area contributed by atoms with Crippen LogP contribution in [0.15, 0.2) is 67.3 Å². The summed E-state index contributed by atoms with van der Waals surface area (Å²) in [6.07, 6.45) is 7.51. The lowest BCUT2D eigenvalue weighted by atomic mass is 10.0. The van der Waals surface area contributed by atoms with Crippen molar-refractivity contribution < 1.29 is 36.0 Å². The number of sulfone groups is 1. The van der Waals surface area contributed by atoms with Crippen molar-refractivity contribution in [1.82, 2.24) is 19.9 Å².